The van der Waals surface area contributed by atoms with Gasteiger partial charge < -0.3 is 15.6 Å². The molecule has 0 bridgehead atoms. The van der Waals surface area contributed by atoms with E-state index in [1.807, 2.05) is 0 Å². The average molecular weight is 201 g/mol. The van der Waals surface area contributed by atoms with E-state index in [0.717, 1.165) is 12.8 Å². The topological polar surface area (TPSA) is 72.6 Å². The molecule has 1 atom stereocenters. The van der Waals surface area contributed by atoms with Crippen molar-refractivity contribution < 1.29 is 14.6 Å². The van der Waals surface area contributed by atoms with Crippen LogP contribution in [-0.4, -0.2) is 30.8 Å². The molecular formula is C10H19NO3. The van der Waals surface area contributed by atoms with Crippen LogP contribution in [0.4, 0.5) is 0 Å². The predicted molar refractivity (Wildman–Crippen MR) is 53.0 cm³/mol. The maximum Gasteiger partial charge on any atom is 0.309 e. The Kier molecular flexibility index (Phi) is 3.89. The molecule has 0 aromatic rings. The summed E-state index contributed by atoms with van der Waals surface area (Å²) in [4.78, 5) is 11.2. The van der Waals surface area contributed by atoms with Gasteiger partial charge in [0.05, 0.1) is 5.41 Å². The van der Waals surface area contributed by atoms with E-state index in [0.29, 0.717) is 26.2 Å². The fourth-order valence-corrected chi connectivity index (χ4v) is 2.12. The van der Waals surface area contributed by atoms with Crippen molar-refractivity contribution in [2.75, 3.05) is 19.8 Å². The number of aliphatic carboxylic acids is 1. The Hall–Kier alpha value is -0.610. The molecule has 1 aliphatic rings. The Labute approximate surface area is 84.4 Å². The van der Waals surface area contributed by atoms with Crippen molar-refractivity contribution in [1.29, 1.82) is 0 Å². The molecule has 0 radical (unpaired) electrons. The van der Waals surface area contributed by atoms with Crippen molar-refractivity contribution in [3.63, 3.8) is 0 Å². The Morgan fingerprint density at radius 3 is 2.57 bits per heavy atom. The minimum Gasteiger partial charge on any atom is -0.481 e. The normalized spacial score (nSPS) is 23.0. The summed E-state index contributed by atoms with van der Waals surface area (Å²) < 4.78 is 5.23. The van der Waals surface area contributed by atoms with Gasteiger partial charge in [-0.15, -0.1) is 0 Å². The monoisotopic (exact) mass is 201 g/mol. The molecule has 0 aliphatic carbocycles. The van der Waals surface area contributed by atoms with Crippen LogP contribution in [0.25, 0.3) is 0 Å². The second-order valence-electron chi connectivity index (χ2n) is 4.15. The van der Waals surface area contributed by atoms with E-state index in [1.165, 1.54) is 0 Å². The number of rotatable bonds is 4. The zero-order valence-corrected chi connectivity index (χ0v) is 8.66. The zero-order chi connectivity index (χ0) is 10.6. The molecule has 0 aromatic heterocycles. The van der Waals surface area contributed by atoms with Gasteiger partial charge >= 0.3 is 5.97 Å². The third-order valence-electron chi connectivity index (χ3n) is 3.27. The van der Waals surface area contributed by atoms with Gasteiger partial charge in [0.15, 0.2) is 0 Å². The fraction of sp³-hybridized carbons (Fsp3) is 0.900. The number of nitrogens with two attached hydrogens (primary N) is 1. The Morgan fingerprint density at radius 2 is 2.14 bits per heavy atom. The van der Waals surface area contributed by atoms with E-state index in [4.69, 9.17) is 10.5 Å². The molecule has 1 unspecified atom stereocenters. The van der Waals surface area contributed by atoms with Gasteiger partial charge in [-0.2, -0.15) is 0 Å². The molecule has 0 spiro atoms. The van der Waals surface area contributed by atoms with Crippen LogP contribution in [0.15, 0.2) is 0 Å². The number of carboxylic acid groups (broad SMARTS) is 1. The SMILES string of the molecule is CC(CCN)(C(=O)O)C1CCOCC1. The average Bonchev–Trinajstić information content (AvgIpc) is 2.19. The minimum absolute atomic E-state index is 0.206. The number of hydrogen-bond donors (Lipinski definition) is 2. The van der Waals surface area contributed by atoms with Crippen LogP contribution in [0.1, 0.15) is 26.2 Å². The first kappa shape index (κ1) is 11.5. The van der Waals surface area contributed by atoms with E-state index in [-0.39, 0.29) is 5.92 Å². The lowest BCUT2D eigenvalue weighted by atomic mass is 9.71. The molecule has 1 saturated heterocycles. The molecule has 0 amide bonds. The lowest BCUT2D eigenvalue weighted by Gasteiger charge is -2.36. The first-order valence-electron chi connectivity index (χ1n) is 5.12. The van der Waals surface area contributed by atoms with Crippen LogP contribution in [0, 0.1) is 11.3 Å². The third-order valence-corrected chi connectivity index (χ3v) is 3.27. The maximum absolute atomic E-state index is 11.2. The summed E-state index contributed by atoms with van der Waals surface area (Å²) in [5, 5.41) is 9.22. The van der Waals surface area contributed by atoms with Crippen molar-refractivity contribution in [2.45, 2.75) is 26.2 Å². The van der Waals surface area contributed by atoms with Crippen molar-refractivity contribution in [1.82, 2.24) is 0 Å². The van der Waals surface area contributed by atoms with E-state index in [9.17, 15) is 9.90 Å². The minimum atomic E-state index is -0.727. The van der Waals surface area contributed by atoms with Crippen molar-refractivity contribution in [3.05, 3.63) is 0 Å². The summed E-state index contributed by atoms with van der Waals surface area (Å²) >= 11 is 0. The number of carbonyl (C=O) groups is 1. The molecular weight excluding hydrogens is 182 g/mol. The van der Waals surface area contributed by atoms with Crippen molar-refractivity contribution >= 4 is 5.97 Å². The maximum atomic E-state index is 11.2. The zero-order valence-electron chi connectivity index (χ0n) is 8.66. The van der Waals surface area contributed by atoms with Gasteiger partial charge in [0.25, 0.3) is 0 Å². The highest BCUT2D eigenvalue weighted by molar-refractivity contribution is 5.74. The molecule has 3 N–H and O–H groups in total. The predicted octanol–water partition coefficient (Wildman–Crippen LogP) is 0.853. The van der Waals surface area contributed by atoms with E-state index in [2.05, 4.69) is 0 Å². The van der Waals surface area contributed by atoms with Crippen LogP contribution in [0.2, 0.25) is 0 Å². The molecule has 4 heteroatoms. The van der Waals surface area contributed by atoms with Gasteiger partial charge in [-0.05, 0) is 38.6 Å². The van der Waals surface area contributed by atoms with Gasteiger partial charge in [-0.1, -0.05) is 0 Å². The van der Waals surface area contributed by atoms with Gasteiger partial charge in [0, 0.05) is 13.2 Å². The highest BCUT2D eigenvalue weighted by Gasteiger charge is 2.41. The lowest BCUT2D eigenvalue weighted by Crippen LogP contribution is -2.40. The molecule has 1 heterocycles. The molecule has 1 aliphatic heterocycles. The standard InChI is InChI=1S/C10H19NO3/c1-10(4-5-11,9(12)13)8-2-6-14-7-3-8/h8H,2-7,11H2,1H3,(H,12,13). The molecule has 0 saturated carbocycles. The number of hydrogen-bond acceptors (Lipinski definition) is 3. The van der Waals surface area contributed by atoms with E-state index in [1.54, 1.807) is 6.92 Å². The fourth-order valence-electron chi connectivity index (χ4n) is 2.12. The van der Waals surface area contributed by atoms with Gasteiger partial charge in [-0.3, -0.25) is 4.79 Å². The van der Waals surface area contributed by atoms with Gasteiger partial charge in [-0.25, -0.2) is 0 Å². The quantitative estimate of drug-likeness (QED) is 0.707. The Bertz CT molecular complexity index is 202. The molecule has 1 fully saturated rings. The van der Waals surface area contributed by atoms with Crippen molar-refractivity contribution in [2.24, 2.45) is 17.1 Å². The lowest BCUT2D eigenvalue weighted by molar-refractivity contribution is -0.154. The van der Waals surface area contributed by atoms with Crippen LogP contribution in [-0.2, 0) is 9.53 Å². The van der Waals surface area contributed by atoms with E-state index < -0.39 is 11.4 Å². The number of ether oxygens (including phenoxy) is 1. The first-order valence-corrected chi connectivity index (χ1v) is 5.12. The Morgan fingerprint density at radius 1 is 1.57 bits per heavy atom. The summed E-state index contributed by atoms with van der Waals surface area (Å²) in [6.45, 7) is 3.59. The third kappa shape index (κ3) is 2.25. The Balaban J connectivity index is 2.69. The van der Waals surface area contributed by atoms with Crippen molar-refractivity contribution in [3.8, 4) is 0 Å². The highest BCUT2D eigenvalue weighted by Crippen LogP contribution is 2.37. The molecule has 4 nitrogen and oxygen atoms in total. The summed E-state index contributed by atoms with van der Waals surface area (Å²) in [5.74, 6) is -0.521. The van der Waals surface area contributed by atoms with Crippen LogP contribution in [0.3, 0.4) is 0 Å². The number of carboxylic acids is 1. The highest BCUT2D eigenvalue weighted by atomic mass is 16.5. The second-order valence-corrected chi connectivity index (χ2v) is 4.15. The largest absolute Gasteiger partial charge is 0.481 e. The van der Waals surface area contributed by atoms with Gasteiger partial charge in [0.1, 0.15) is 0 Å². The first-order chi connectivity index (χ1) is 6.61. The summed E-state index contributed by atoms with van der Waals surface area (Å²) in [7, 11) is 0. The molecule has 1 rings (SSSR count). The second kappa shape index (κ2) is 4.75. The van der Waals surface area contributed by atoms with Gasteiger partial charge in [0.2, 0.25) is 0 Å². The summed E-state index contributed by atoms with van der Waals surface area (Å²) in [6.07, 6.45) is 2.22. The van der Waals surface area contributed by atoms with Crippen LogP contribution < -0.4 is 5.73 Å². The molecule has 0 aromatic carbocycles. The molecule has 14 heavy (non-hydrogen) atoms. The summed E-state index contributed by atoms with van der Waals surface area (Å²) in [6, 6.07) is 0. The smallest absolute Gasteiger partial charge is 0.309 e. The molecule has 82 valence electrons. The summed E-state index contributed by atoms with van der Waals surface area (Å²) in [5.41, 5.74) is 4.80. The van der Waals surface area contributed by atoms with Crippen LogP contribution >= 0.6 is 0 Å². The van der Waals surface area contributed by atoms with Crippen LogP contribution in [0.5, 0.6) is 0 Å². The van der Waals surface area contributed by atoms with E-state index >= 15 is 0 Å².